The predicted molar refractivity (Wildman–Crippen MR) is 102 cm³/mol. The maximum Gasteiger partial charge on any atom is 0.414 e. The monoisotopic (exact) mass is 404 g/mol. The van der Waals surface area contributed by atoms with Crippen LogP contribution >= 0.6 is 0 Å². The number of nitrogens with one attached hydrogen (secondary N) is 2. The third-order valence-corrected chi connectivity index (χ3v) is 6.12. The number of likely N-dealkylation sites (tertiary alicyclic amines) is 1. The molecule has 0 aliphatic carbocycles. The van der Waals surface area contributed by atoms with Crippen LogP contribution < -0.4 is 9.62 Å². The standard InChI is InChI=1S/C18H20N4O5S/c23-17(21-6-1-2-7-21)16-11-15(12-19-16)28(25,26)20-13-4-3-5-14(10-13)22-8-9-27-18(22)24/h3-5,10-12,19-20H,1-2,6-9H2. The van der Waals surface area contributed by atoms with Crippen molar-refractivity contribution in [2.24, 2.45) is 0 Å². The van der Waals surface area contributed by atoms with E-state index >= 15 is 0 Å². The summed E-state index contributed by atoms with van der Waals surface area (Å²) in [7, 11) is -3.89. The Balaban J connectivity index is 1.52. The van der Waals surface area contributed by atoms with Gasteiger partial charge in [0.25, 0.3) is 15.9 Å². The average Bonchev–Trinajstić information content (AvgIpc) is 3.42. The Morgan fingerprint density at radius 3 is 2.64 bits per heavy atom. The number of carbonyl (C=O) groups is 2. The van der Waals surface area contributed by atoms with Gasteiger partial charge in [-0.15, -0.1) is 0 Å². The Morgan fingerprint density at radius 2 is 1.93 bits per heavy atom. The number of amides is 2. The molecule has 0 atom stereocenters. The van der Waals surface area contributed by atoms with Gasteiger partial charge in [-0.1, -0.05) is 6.07 Å². The number of benzene rings is 1. The van der Waals surface area contributed by atoms with Crippen LogP contribution in [0.4, 0.5) is 16.2 Å². The quantitative estimate of drug-likeness (QED) is 0.792. The van der Waals surface area contributed by atoms with Crippen LogP contribution in [0.1, 0.15) is 23.3 Å². The Kier molecular flexibility index (Phi) is 4.71. The lowest BCUT2D eigenvalue weighted by Crippen LogP contribution is -2.27. The second-order valence-electron chi connectivity index (χ2n) is 6.67. The van der Waals surface area contributed by atoms with Crippen molar-refractivity contribution in [3.8, 4) is 0 Å². The van der Waals surface area contributed by atoms with E-state index in [4.69, 9.17) is 4.74 Å². The van der Waals surface area contributed by atoms with Gasteiger partial charge in [-0.05, 0) is 37.1 Å². The van der Waals surface area contributed by atoms with Crippen molar-refractivity contribution in [2.75, 3.05) is 35.9 Å². The number of sulfonamides is 1. The van der Waals surface area contributed by atoms with Crippen molar-refractivity contribution < 1.29 is 22.7 Å². The van der Waals surface area contributed by atoms with E-state index in [1.165, 1.54) is 17.2 Å². The lowest BCUT2D eigenvalue weighted by molar-refractivity contribution is 0.0787. The van der Waals surface area contributed by atoms with E-state index in [1.807, 2.05) is 0 Å². The minimum atomic E-state index is -3.89. The highest BCUT2D eigenvalue weighted by atomic mass is 32.2. The molecule has 2 saturated heterocycles. The molecule has 2 aliphatic heterocycles. The van der Waals surface area contributed by atoms with Crippen molar-refractivity contribution in [1.29, 1.82) is 0 Å². The predicted octanol–water partition coefficient (Wildman–Crippen LogP) is 2.01. The molecular weight excluding hydrogens is 384 g/mol. The van der Waals surface area contributed by atoms with Crippen LogP contribution in [-0.4, -0.2) is 56.5 Å². The molecule has 1 aromatic heterocycles. The minimum Gasteiger partial charge on any atom is -0.447 e. The van der Waals surface area contributed by atoms with Gasteiger partial charge in [-0.2, -0.15) is 0 Å². The number of aromatic amines is 1. The lowest BCUT2D eigenvalue weighted by Gasteiger charge is -2.14. The summed E-state index contributed by atoms with van der Waals surface area (Å²) in [6, 6.07) is 7.84. The highest BCUT2D eigenvalue weighted by Crippen LogP contribution is 2.25. The SMILES string of the molecule is O=C(c1cc(S(=O)(=O)Nc2cccc(N3CCOC3=O)c2)c[nH]1)N1CCCC1. The molecule has 2 N–H and O–H groups in total. The number of H-pyrrole nitrogens is 1. The molecule has 0 radical (unpaired) electrons. The van der Waals surface area contributed by atoms with Crippen molar-refractivity contribution in [3.05, 3.63) is 42.2 Å². The summed E-state index contributed by atoms with van der Waals surface area (Å²) in [5, 5.41) is 0. The molecule has 0 spiro atoms. The maximum absolute atomic E-state index is 12.7. The summed E-state index contributed by atoms with van der Waals surface area (Å²) in [5.74, 6) is -0.200. The van der Waals surface area contributed by atoms with Gasteiger partial charge in [0.15, 0.2) is 0 Å². The van der Waals surface area contributed by atoms with Crippen LogP contribution in [0.25, 0.3) is 0 Å². The zero-order chi connectivity index (χ0) is 19.7. The summed E-state index contributed by atoms with van der Waals surface area (Å²) in [6.45, 7) is 2.08. The second kappa shape index (κ2) is 7.19. The van der Waals surface area contributed by atoms with E-state index < -0.39 is 16.1 Å². The number of cyclic esters (lactones) is 1. The van der Waals surface area contributed by atoms with Gasteiger partial charge in [0.2, 0.25) is 0 Å². The first kappa shape index (κ1) is 18.4. The smallest absolute Gasteiger partial charge is 0.414 e. The van der Waals surface area contributed by atoms with Gasteiger partial charge < -0.3 is 14.6 Å². The molecule has 2 aromatic rings. The molecule has 148 valence electrons. The topological polar surface area (TPSA) is 112 Å². The van der Waals surface area contributed by atoms with Gasteiger partial charge in [-0.3, -0.25) is 14.4 Å². The van der Waals surface area contributed by atoms with Crippen molar-refractivity contribution >= 4 is 33.4 Å². The van der Waals surface area contributed by atoms with Crippen molar-refractivity contribution in [3.63, 3.8) is 0 Å². The van der Waals surface area contributed by atoms with E-state index in [1.54, 1.807) is 29.2 Å². The third kappa shape index (κ3) is 3.55. The van der Waals surface area contributed by atoms with Crippen LogP contribution in [0.3, 0.4) is 0 Å². The molecule has 9 nitrogen and oxygen atoms in total. The summed E-state index contributed by atoms with van der Waals surface area (Å²) in [4.78, 5) is 30.0. The maximum atomic E-state index is 12.7. The molecule has 3 heterocycles. The number of hydrogen-bond donors (Lipinski definition) is 2. The minimum absolute atomic E-state index is 0.0268. The number of rotatable bonds is 5. The molecule has 1 aromatic carbocycles. The molecular formula is C18H20N4O5S. The summed E-state index contributed by atoms with van der Waals surface area (Å²) in [6.07, 6.45) is 2.75. The Hall–Kier alpha value is -3.01. The number of ether oxygens (including phenoxy) is 1. The largest absolute Gasteiger partial charge is 0.447 e. The van der Waals surface area contributed by atoms with Gasteiger partial charge in [0.05, 0.1) is 12.2 Å². The highest BCUT2D eigenvalue weighted by molar-refractivity contribution is 7.92. The van der Waals surface area contributed by atoms with E-state index in [0.29, 0.717) is 37.6 Å². The number of carbonyl (C=O) groups excluding carboxylic acids is 2. The molecule has 0 bridgehead atoms. The van der Waals surface area contributed by atoms with Crippen molar-refractivity contribution in [1.82, 2.24) is 9.88 Å². The van der Waals surface area contributed by atoms with Crippen molar-refractivity contribution in [2.45, 2.75) is 17.7 Å². The first-order valence-corrected chi connectivity index (χ1v) is 10.5. The zero-order valence-corrected chi connectivity index (χ0v) is 15.9. The van der Waals surface area contributed by atoms with E-state index in [9.17, 15) is 18.0 Å². The van der Waals surface area contributed by atoms with Crippen LogP contribution in [0.2, 0.25) is 0 Å². The fourth-order valence-corrected chi connectivity index (χ4v) is 4.37. The molecule has 10 heteroatoms. The molecule has 2 aliphatic rings. The molecule has 28 heavy (non-hydrogen) atoms. The number of nitrogens with zero attached hydrogens (tertiary/aromatic N) is 2. The normalized spacial score (nSPS) is 17.1. The molecule has 0 unspecified atom stereocenters. The Labute approximate surface area is 162 Å². The van der Waals surface area contributed by atoms with Gasteiger partial charge >= 0.3 is 6.09 Å². The van der Waals surface area contributed by atoms with Gasteiger partial charge in [0.1, 0.15) is 17.2 Å². The van der Waals surface area contributed by atoms with Gasteiger partial charge in [-0.25, -0.2) is 13.2 Å². The fourth-order valence-electron chi connectivity index (χ4n) is 3.32. The Morgan fingerprint density at radius 1 is 1.14 bits per heavy atom. The molecule has 2 amide bonds. The summed E-state index contributed by atoms with van der Waals surface area (Å²) in [5.41, 5.74) is 1.10. The fraction of sp³-hybridized carbons (Fsp3) is 0.333. The number of anilines is 2. The first-order valence-electron chi connectivity index (χ1n) is 8.99. The third-order valence-electron chi connectivity index (χ3n) is 4.76. The first-order chi connectivity index (χ1) is 13.4. The molecule has 0 saturated carbocycles. The van der Waals surface area contributed by atoms with Gasteiger partial charge in [0, 0.05) is 25.0 Å². The lowest BCUT2D eigenvalue weighted by atomic mass is 10.2. The Bertz CT molecular complexity index is 1010. The van der Waals surface area contributed by atoms with E-state index in [-0.39, 0.29) is 16.5 Å². The highest BCUT2D eigenvalue weighted by Gasteiger charge is 2.25. The summed E-state index contributed by atoms with van der Waals surface area (Å²) < 4.78 is 32.8. The van der Waals surface area contributed by atoms with Crippen LogP contribution in [0.5, 0.6) is 0 Å². The number of hydrogen-bond acceptors (Lipinski definition) is 5. The number of aromatic nitrogens is 1. The van der Waals surface area contributed by atoms with E-state index in [0.717, 1.165) is 12.8 Å². The zero-order valence-electron chi connectivity index (χ0n) is 15.1. The van der Waals surface area contributed by atoms with Crippen LogP contribution in [-0.2, 0) is 14.8 Å². The van der Waals surface area contributed by atoms with Crippen LogP contribution in [0.15, 0.2) is 41.4 Å². The second-order valence-corrected chi connectivity index (χ2v) is 8.35. The molecule has 4 rings (SSSR count). The van der Waals surface area contributed by atoms with E-state index in [2.05, 4.69) is 9.71 Å². The van der Waals surface area contributed by atoms with Crippen LogP contribution in [0, 0.1) is 0 Å². The summed E-state index contributed by atoms with van der Waals surface area (Å²) >= 11 is 0. The average molecular weight is 404 g/mol. The molecule has 2 fully saturated rings.